The van der Waals surface area contributed by atoms with Crippen LogP contribution in [0.4, 0.5) is 0 Å². The number of aliphatic carboxylic acids is 1. The standard InChI is InChI=1S/C16H23NO4/c1-12-7-4-5-8-13(12)21-10-6-9-14(18)17-16(2,3)11-15(19)20/h4-5,7-8H,6,9-11H2,1-3H3,(H,17,18)(H,19,20). The van der Waals surface area contributed by atoms with Gasteiger partial charge in [0.2, 0.25) is 5.91 Å². The van der Waals surface area contributed by atoms with Gasteiger partial charge in [-0.2, -0.15) is 0 Å². The lowest BCUT2D eigenvalue weighted by molar-refractivity contribution is -0.138. The van der Waals surface area contributed by atoms with E-state index in [1.165, 1.54) is 0 Å². The Bertz CT molecular complexity index is 497. The molecule has 0 bridgehead atoms. The zero-order valence-corrected chi connectivity index (χ0v) is 12.8. The second-order valence-electron chi connectivity index (χ2n) is 5.72. The molecule has 116 valence electrons. The van der Waals surface area contributed by atoms with E-state index in [4.69, 9.17) is 9.84 Å². The second-order valence-corrected chi connectivity index (χ2v) is 5.72. The van der Waals surface area contributed by atoms with E-state index in [1.807, 2.05) is 31.2 Å². The van der Waals surface area contributed by atoms with Crippen LogP contribution < -0.4 is 10.1 Å². The summed E-state index contributed by atoms with van der Waals surface area (Å²) in [6.45, 7) is 5.82. The van der Waals surface area contributed by atoms with Crippen LogP contribution in [0, 0.1) is 6.92 Å². The van der Waals surface area contributed by atoms with Crippen LogP contribution in [0.1, 0.15) is 38.7 Å². The summed E-state index contributed by atoms with van der Waals surface area (Å²) in [6, 6.07) is 7.71. The van der Waals surface area contributed by atoms with Gasteiger partial charge < -0.3 is 15.2 Å². The van der Waals surface area contributed by atoms with Crippen LogP contribution in [-0.2, 0) is 9.59 Å². The van der Waals surface area contributed by atoms with Gasteiger partial charge in [-0.25, -0.2) is 0 Å². The zero-order chi connectivity index (χ0) is 15.9. The highest BCUT2D eigenvalue weighted by molar-refractivity contribution is 5.78. The number of ether oxygens (including phenoxy) is 1. The molecule has 0 spiro atoms. The molecule has 0 unspecified atom stereocenters. The van der Waals surface area contributed by atoms with E-state index in [2.05, 4.69) is 5.32 Å². The summed E-state index contributed by atoms with van der Waals surface area (Å²) in [5, 5.41) is 11.5. The third-order valence-corrected chi connectivity index (χ3v) is 2.97. The van der Waals surface area contributed by atoms with Gasteiger partial charge in [0.05, 0.1) is 13.0 Å². The quantitative estimate of drug-likeness (QED) is 0.722. The van der Waals surface area contributed by atoms with E-state index in [0.29, 0.717) is 19.4 Å². The van der Waals surface area contributed by atoms with Gasteiger partial charge in [0.25, 0.3) is 0 Å². The summed E-state index contributed by atoms with van der Waals surface area (Å²) in [7, 11) is 0. The maximum atomic E-state index is 11.8. The SMILES string of the molecule is Cc1ccccc1OCCCC(=O)NC(C)(C)CC(=O)O. The normalized spacial score (nSPS) is 11.0. The van der Waals surface area contributed by atoms with Crippen LogP contribution in [0.2, 0.25) is 0 Å². The minimum absolute atomic E-state index is 0.0988. The van der Waals surface area contributed by atoms with Crippen molar-refractivity contribution in [2.75, 3.05) is 6.61 Å². The van der Waals surface area contributed by atoms with Crippen LogP contribution in [0.5, 0.6) is 5.75 Å². The maximum absolute atomic E-state index is 11.8. The van der Waals surface area contributed by atoms with Gasteiger partial charge in [0.15, 0.2) is 0 Å². The molecule has 5 nitrogen and oxygen atoms in total. The minimum atomic E-state index is -0.928. The van der Waals surface area contributed by atoms with E-state index in [1.54, 1.807) is 13.8 Å². The fraction of sp³-hybridized carbons (Fsp3) is 0.500. The van der Waals surface area contributed by atoms with Gasteiger partial charge >= 0.3 is 5.97 Å². The highest BCUT2D eigenvalue weighted by Gasteiger charge is 2.23. The number of hydrogen-bond acceptors (Lipinski definition) is 3. The molecule has 0 saturated heterocycles. The Morgan fingerprint density at radius 2 is 1.95 bits per heavy atom. The Labute approximate surface area is 125 Å². The molecule has 0 radical (unpaired) electrons. The van der Waals surface area contributed by atoms with Crippen LogP contribution in [-0.4, -0.2) is 29.1 Å². The lowest BCUT2D eigenvalue weighted by atomic mass is 10.0. The van der Waals surface area contributed by atoms with Crippen molar-refractivity contribution in [3.05, 3.63) is 29.8 Å². The molecular weight excluding hydrogens is 270 g/mol. The van der Waals surface area contributed by atoms with Crippen molar-refractivity contribution in [2.45, 2.75) is 45.6 Å². The average Bonchev–Trinajstić information content (AvgIpc) is 2.34. The van der Waals surface area contributed by atoms with E-state index < -0.39 is 11.5 Å². The summed E-state index contributed by atoms with van der Waals surface area (Å²) < 4.78 is 5.61. The molecule has 0 aromatic heterocycles. The van der Waals surface area contributed by atoms with E-state index in [9.17, 15) is 9.59 Å². The van der Waals surface area contributed by atoms with Crippen LogP contribution >= 0.6 is 0 Å². The number of carboxylic acid groups (broad SMARTS) is 1. The van der Waals surface area contributed by atoms with Crippen molar-refractivity contribution in [1.29, 1.82) is 0 Å². The van der Waals surface area contributed by atoms with Gasteiger partial charge in [-0.1, -0.05) is 18.2 Å². The molecule has 21 heavy (non-hydrogen) atoms. The Morgan fingerprint density at radius 1 is 1.29 bits per heavy atom. The summed E-state index contributed by atoms with van der Waals surface area (Å²) in [4.78, 5) is 22.4. The van der Waals surface area contributed by atoms with E-state index in [0.717, 1.165) is 11.3 Å². The highest BCUT2D eigenvalue weighted by atomic mass is 16.5. The Hall–Kier alpha value is -2.04. The molecule has 0 saturated carbocycles. The Kier molecular flexibility index (Phi) is 6.21. The molecule has 0 heterocycles. The van der Waals surface area contributed by atoms with Crippen LogP contribution in [0.3, 0.4) is 0 Å². The van der Waals surface area contributed by atoms with Gasteiger partial charge in [-0.05, 0) is 38.8 Å². The van der Waals surface area contributed by atoms with Crippen molar-refractivity contribution >= 4 is 11.9 Å². The van der Waals surface area contributed by atoms with Gasteiger partial charge in [0, 0.05) is 12.0 Å². The smallest absolute Gasteiger partial charge is 0.305 e. The molecular formula is C16H23NO4. The summed E-state index contributed by atoms with van der Waals surface area (Å²) in [6.07, 6.45) is 0.802. The van der Waals surface area contributed by atoms with Crippen molar-refractivity contribution in [3.63, 3.8) is 0 Å². The predicted octanol–water partition coefficient (Wildman–Crippen LogP) is 2.52. The number of nitrogens with one attached hydrogen (secondary N) is 1. The van der Waals surface area contributed by atoms with Crippen LogP contribution in [0.15, 0.2) is 24.3 Å². The predicted molar refractivity (Wildman–Crippen MR) is 80.4 cm³/mol. The molecule has 1 aromatic rings. The Balaban J connectivity index is 2.28. The number of hydrogen-bond donors (Lipinski definition) is 2. The third kappa shape index (κ3) is 6.79. The molecule has 1 amide bonds. The molecule has 1 aromatic carbocycles. The first-order valence-electron chi connectivity index (χ1n) is 7.01. The van der Waals surface area contributed by atoms with Gasteiger partial charge in [-0.15, -0.1) is 0 Å². The number of carbonyl (C=O) groups excluding carboxylic acids is 1. The highest BCUT2D eigenvalue weighted by Crippen LogP contribution is 2.16. The first-order valence-corrected chi connectivity index (χ1v) is 7.01. The largest absolute Gasteiger partial charge is 0.493 e. The van der Waals surface area contributed by atoms with E-state index in [-0.39, 0.29) is 12.3 Å². The number of para-hydroxylation sites is 1. The van der Waals surface area contributed by atoms with Gasteiger partial charge in [-0.3, -0.25) is 9.59 Å². The van der Waals surface area contributed by atoms with Crippen molar-refractivity contribution in [3.8, 4) is 5.75 Å². The molecule has 0 atom stereocenters. The first-order chi connectivity index (χ1) is 9.80. The molecule has 0 fully saturated rings. The number of carbonyl (C=O) groups is 2. The zero-order valence-electron chi connectivity index (χ0n) is 12.8. The van der Waals surface area contributed by atoms with Crippen LogP contribution in [0.25, 0.3) is 0 Å². The molecule has 0 aliphatic heterocycles. The lowest BCUT2D eigenvalue weighted by Crippen LogP contribution is -2.44. The summed E-state index contributed by atoms with van der Waals surface area (Å²) in [5.74, 6) is -0.262. The number of benzene rings is 1. The third-order valence-electron chi connectivity index (χ3n) is 2.97. The van der Waals surface area contributed by atoms with E-state index >= 15 is 0 Å². The summed E-state index contributed by atoms with van der Waals surface area (Å²) >= 11 is 0. The molecule has 0 aliphatic rings. The monoisotopic (exact) mass is 293 g/mol. The lowest BCUT2D eigenvalue weighted by Gasteiger charge is -2.24. The first kappa shape index (κ1) is 17.0. The fourth-order valence-electron chi connectivity index (χ4n) is 2.00. The Morgan fingerprint density at radius 3 is 2.57 bits per heavy atom. The molecule has 0 aliphatic carbocycles. The number of aryl methyl sites for hydroxylation is 1. The number of carboxylic acids is 1. The molecule has 1 rings (SSSR count). The topological polar surface area (TPSA) is 75.6 Å². The number of amides is 1. The maximum Gasteiger partial charge on any atom is 0.305 e. The summed E-state index contributed by atoms with van der Waals surface area (Å²) in [5.41, 5.74) is 0.323. The van der Waals surface area contributed by atoms with Crippen molar-refractivity contribution < 1.29 is 19.4 Å². The van der Waals surface area contributed by atoms with Crippen molar-refractivity contribution in [2.24, 2.45) is 0 Å². The molecule has 5 heteroatoms. The minimum Gasteiger partial charge on any atom is -0.493 e. The fourth-order valence-corrected chi connectivity index (χ4v) is 2.00. The number of rotatable bonds is 8. The molecule has 2 N–H and O–H groups in total. The van der Waals surface area contributed by atoms with Gasteiger partial charge in [0.1, 0.15) is 5.75 Å². The average molecular weight is 293 g/mol. The second kappa shape index (κ2) is 7.67. The van der Waals surface area contributed by atoms with Crippen molar-refractivity contribution in [1.82, 2.24) is 5.32 Å².